The predicted molar refractivity (Wildman–Crippen MR) is 60.5 cm³/mol. The number of benzene rings is 1. The normalized spacial score (nSPS) is 25.3. The molecule has 0 saturated carbocycles. The van der Waals surface area contributed by atoms with E-state index in [0.717, 1.165) is 19.3 Å². The Balaban J connectivity index is 1.91. The number of rotatable bonds is 3. The van der Waals surface area contributed by atoms with Gasteiger partial charge >= 0.3 is 0 Å². The van der Waals surface area contributed by atoms with Gasteiger partial charge in [0.25, 0.3) is 0 Å². The van der Waals surface area contributed by atoms with Gasteiger partial charge in [-0.2, -0.15) is 0 Å². The Labute approximate surface area is 90.7 Å². The zero-order valence-corrected chi connectivity index (χ0v) is 9.12. The minimum atomic E-state index is 0.0208. The highest BCUT2D eigenvalue weighted by atomic mass is 16.2. The monoisotopic (exact) mass is 203 g/mol. The molecule has 1 atom stereocenters. The average molecular weight is 203 g/mol. The van der Waals surface area contributed by atoms with Gasteiger partial charge in [-0.05, 0) is 31.7 Å². The fraction of sp³-hybridized carbons (Fsp3) is 0.462. The predicted octanol–water partition coefficient (Wildman–Crippen LogP) is 2.29. The summed E-state index contributed by atoms with van der Waals surface area (Å²) in [5.41, 5.74) is 1.37. The van der Waals surface area contributed by atoms with Gasteiger partial charge in [-0.15, -0.1) is 0 Å². The molecule has 1 aliphatic rings. The van der Waals surface area contributed by atoms with Crippen LogP contribution in [0.3, 0.4) is 0 Å². The Morgan fingerprint density at radius 3 is 2.67 bits per heavy atom. The van der Waals surface area contributed by atoms with Crippen molar-refractivity contribution in [1.29, 1.82) is 0 Å². The zero-order valence-electron chi connectivity index (χ0n) is 9.12. The SMILES string of the molecule is CC1(CCc2ccccc2)CCC(=O)N1. The first kappa shape index (κ1) is 10.2. The van der Waals surface area contributed by atoms with E-state index in [1.165, 1.54) is 5.56 Å². The molecule has 1 amide bonds. The molecule has 1 fully saturated rings. The molecule has 0 aliphatic carbocycles. The van der Waals surface area contributed by atoms with E-state index < -0.39 is 0 Å². The molecule has 15 heavy (non-hydrogen) atoms. The van der Waals surface area contributed by atoms with Crippen LogP contribution in [-0.2, 0) is 11.2 Å². The van der Waals surface area contributed by atoms with E-state index >= 15 is 0 Å². The van der Waals surface area contributed by atoms with Crippen molar-refractivity contribution in [3.05, 3.63) is 35.9 Å². The van der Waals surface area contributed by atoms with Crippen LogP contribution in [0.1, 0.15) is 31.7 Å². The van der Waals surface area contributed by atoms with Crippen molar-refractivity contribution < 1.29 is 4.79 Å². The zero-order chi connectivity index (χ0) is 10.7. The number of hydrogen-bond acceptors (Lipinski definition) is 1. The summed E-state index contributed by atoms with van der Waals surface area (Å²) < 4.78 is 0. The largest absolute Gasteiger partial charge is 0.351 e. The Morgan fingerprint density at radius 1 is 1.33 bits per heavy atom. The van der Waals surface area contributed by atoms with Crippen LogP contribution in [0.5, 0.6) is 0 Å². The molecule has 0 bridgehead atoms. The number of carbonyl (C=O) groups is 1. The highest BCUT2D eigenvalue weighted by Gasteiger charge is 2.32. The number of carbonyl (C=O) groups excluding carboxylic acids is 1. The van der Waals surface area contributed by atoms with E-state index in [9.17, 15) is 4.79 Å². The van der Waals surface area contributed by atoms with Crippen molar-refractivity contribution in [2.75, 3.05) is 0 Å². The van der Waals surface area contributed by atoms with E-state index in [1.807, 2.05) is 6.07 Å². The summed E-state index contributed by atoms with van der Waals surface area (Å²) in [5, 5.41) is 3.06. The quantitative estimate of drug-likeness (QED) is 0.802. The highest BCUT2D eigenvalue weighted by molar-refractivity contribution is 5.79. The lowest BCUT2D eigenvalue weighted by molar-refractivity contribution is -0.119. The second-order valence-corrected chi connectivity index (χ2v) is 4.59. The van der Waals surface area contributed by atoms with Gasteiger partial charge in [0.1, 0.15) is 0 Å². The standard InChI is InChI=1S/C13H17NO/c1-13(10-8-12(15)14-13)9-7-11-5-3-2-4-6-11/h2-6H,7-10H2,1H3,(H,14,15). The lowest BCUT2D eigenvalue weighted by atomic mass is 9.92. The second-order valence-electron chi connectivity index (χ2n) is 4.59. The molecule has 1 aromatic rings. The third kappa shape index (κ3) is 2.58. The summed E-state index contributed by atoms with van der Waals surface area (Å²) in [4.78, 5) is 11.2. The van der Waals surface area contributed by atoms with Gasteiger partial charge in [-0.1, -0.05) is 30.3 Å². The first-order chi connectivity index (χ1) is 7.18. The van der Waals surface area contributed by atoms with Crippen LogP contribution in [0.25, 0.3) is 0 Å². The minimum absolute atomic E-state index is 0.0208. The molecular weight excluding hydrogens is 186 g/mol. The smallest absolute Gasteiger partial charge is 0.220 e. The van der Waals surface area contributed by atoms with E-state index in [-0.39, 0.29) is 11.4 Å². The average Bonchev–Trinajstić information content (AvgIpc) is 2.58. The molecule has 2 heteroatoms. The van der Waals surface area contributed by atoms with E-state index in [4.69, 9.17) is 0 Å². The molecule has 0 spiro atoms. The molecule has 1 unspecified atom stereocenters. The first-order valence-corrected chi connectivity index (χ1v) is 5.53. The van der Waals surface area contributed by atoms with Gasteiger partial charge in [0.2, 0.25) is 5.91 Å². The maximum atomic E-state index is 11.2. The fourth-order valence-electron chi connectivity index (χ4n) is 2.10. The lowest BCUT2D eigenvalue weighted by Crippen LogP contribution is -2.38. The summed E-state index contributed by atoms with van der Waals surface area (Å²) in [6.45, 7) is 2.14. The topological polar surface area (TPSA) is 29.1 Å². The molecule has 1 N–H and O–H groups in total. The number of hydrogen-bond donors (Lipinski definition) is 1. The van der Waals surface area contributed by atoms with E-state index in [2.05, 4.69) is 36.5 Å². The third-order valence-corrected chi connectivity index (χ3v) is 3.15. The molecule has 2 nitrogen and oxygen atoms in total. The molecule has 1 aromatic carbocycles. The number of aryl methyl sites for hydroxylation is 1. The van der Waals surface area contributed by atoms with Gasteiger partial charge in [-0.25, -0.2) is 0 Å². The number of nitrogens with one attached hydrogen (secondary N) is 1. The van der Waals surface area contributed by atoms with Crippen molar-refractivity contribution in [2.45, 2.75) is 38.1 Å². The maximum Gasteiger partial charge on any atom is 0.220 e. The van der Waals surface area contributed by atoms with Crippen molar-refractivity contribution >= 4 is 5.91 Å². The molecular formula is C13H17NO. The molecule has 1 aliphatic heterocycles. The van der Waals surface area contributed by atoms with Crippen molar-refractivity contribution in [1.82, 2.24) is 5.32 Å². The third-order valence-electron chi connectivity index (χ3n) is 3.15. The number of amides is 1. The van der Waals surface area contributed by atoms with Crippen LogP contribution in [-0.4, -0.2) is 11.4 Å². The Morgan fingerprint density at radius 2 is 2.07 bits per heavy atom. The highest BCUT2D eigenvalue weighted by Crippen LogP contribution is 2.24. The first-order valence-electron chi connectivity index (χ1n) is 5.53. The molecule has 0 aromatic heterocycles. The summed E-state index contributed by atoms with van der Waals surface area (Å²) in [6, 6.07) is 10.4. The summed E-state index contributed by atoms with van der Waals surface area (Å²) in [5.74, 6) is 0.200. The van der Waals surface area contributed by atoms with Crippen molar-refractivity contribution in [3.63, 3.8) is 0 Å². The van der Waals surface area contributed by atoms with Gasteiger partial charge in [-0.3, -0.25) is 4.79 Å². The molecule has 2 rings (SSSR count). The van der Waals surface area contributed by atoms with Gasteiger partial charge < -0.3 is 5.32 Å². The van der Waals surface area contributed by atoms with E-state index in [1.54, 1.807) is 0 Å². The fourth-order valence-corrected chi connectivity index (χ4v) is 2.10. The molecule has 80 valence electrons. The van der Waals surface area contributed by atoms with Gasteiger partial charge in [0, 0.05) is 12.0 Å². The van der Waals surface area contributed by atoms with Gasteiger partial charge in [0.15, 0.2) is 0 Å². The van der Waals surface area contributed by atoms with Crippen LogP contribution in [0.15, 0.2) is 30.3 Å². The summed E-state index contributed by atoms with van der Waals surface area (Å²) in [6.07, 6.45) is 3.73. The molecule has 0 radical (unpaired) electrons. The van der Waals surface area contributed by atoms with Crippen LogP contribution >= 0.6 is 0 Å². The Hall–Kier alpha value is -1.31. The van der Waals surface area contributed by atoms with Gasteiger partial charge in [0.05, 0.1) is 0 Å². The summed E-state index contributed by atoms with van der Waals surface area (Å²) >= 11 is 0. The van der Waals surface area contributed by atoms with E-state index in [0.29, 0.717) is 6.42 Å². The summed E-state index contributed by atoms with van der Waals surface area (Å²) in [7, 11) is 0. The minimum Gasteiger partial charge on any atom is -0.351 e. The molecule has 1 saturated heterocycles. The molecule has 1 heterocycles. The Kier molecular flexibility index (Phi) is 2.76. The maximum absolute atomic E-state index is 11.2. The Bertz CT molecular complexity index is 347. The van der Waals surface area contributed by atoms with Crippen LogP contribution in [0.4, 0.5) is 0 Å². The van der Waals surface area contributed by atoms with Crippen LogP contribution in [0.2, 0.25) is 0 Å². The van der Waals surface area contributed by atoms with Crippen LogP contribution in [0, 0.1) is 0 Å². The van der Waals surface area contributed by atoms with Crippen LogP contribution < -0.4 is 5.32 Å². The van der Waals surface area contributed by atoms with Crippen molar-refractivity contribution in [2.24, 2.45) is 0 Å². The lowest BCUT2D eigenvalue weighted by Gasteiger charge is -2.23. The van der Waals surface area contributed by atoms with Crippen molar-refractivity contribution in [3.8, 4) is 0 Å². The second kappa shape index (κ2) is 4.05.